The molecule has 1 saturated heterocycles. The third-order valence-corrected chi connectivity index (χ3v) is 6.09. The lowest BCUT2D eigenvalue weighted by Gasteiger charge is -2.34. The van der Waals surface area contributed by atoms with Crippen molar-refractivity contribution in [3.8, 4) is 0 Å². The van der Waals surface area contributed by atoms with Gasteiger partial charge in [0.05, 0.1) is 6.61 Å². The second-order valence-electron chi connectivity index (χ2n) is 8.72. The number of ether oxygens (including phenoxy) is 1. The summed E-state index contributed by atoms with van der Waals surface area (Å²) >= 11 is 0. The van der Waals surface area contributed by atoms with E-state index >= 15 is 0 Å². The summed E-state index contributed by atoms with van der Waals surface area (Å²) in [7, 11) is 3.95. The number of guanidine groups is 1. The summed E-state index contributed by atoms with van der Waals surface area (Å²) in [5, 5.41) is 3.50. The highest BCUT2D eigenvalue weighted by Crippen LogP contribution is 2.28. The Morgan fingerprint density at radius 1 is 1.10 bits per heavy atom. The molecule has 0 spiro atoms. The minimum absolute atomic E-state index is 0.782. The molecule has 2 aliphatic rings. The third kappa shape index (κ3) is 8.62. The quantitative estimate of drug-likeness (QED) is 0.323. The molecule has 6 heteroatoms. The minimum Gasteiger partial charge on any atom is -0.379 e. The van der Waals surface area contributed by atoms with Crippen LogP contribution >= 0.6 is 0 Å². The van der Waals surface area contributed by atoms with Crippen LogP contribution in [0.25, 0.3) is 0 Å². The normalized spacial score (nSPS) is 18.5. The van der Waals surface area contributed by atoms with E-state index in [-0.39, 0.29) is 0 Å². The SMILES string of the molecule is CN=C(NCCCCN1CCN(Cc2ccccc2)CC1)N(C)CCOCC1CC1. The number of nitrogens with zero attached hydrogens (tertiary/aromatic N) is 4. The summed E-state index contributed by atoms with van der Waals surface area (Å²) in [6, 6.07) is 10.8. The average Bonchev–Trinajstić information content (AvgIpc) is 3.60. The smallest absolute Gasteiger partial charge is 0.193 e. The van der Waals surface area contributed by atoms with E-state index < -0.39 is 0 Å². The van der Waals surface area contributed by atoms with Gasteiger partial charge in [-0.1, -0.05) is 30.3 Å². The van der Waals surface area contributed by atoms with E-state index in [0.717, 1.165) is 44.7 Å². The first kappa shape index (κ1) is 23.0. The number of benzene rings is 1. The molecule has 0 unspecified atom stereocenters. The molecule has 0 radical (unpaired) electrons. The van der Waals surface area contributed by atoms with Crippen LogP contribution in [0.15, 0.2) is 35.3 Å². The fraction of sp³-hybridized carbons (Fsp3) is 0.708. The van der Waals surface area contributed by atoms with Crippen molar-refractivity contribution in [2.45, 2.75) is 32.2 Å². The molecule has 30 heavy (non-hydrogen) atoms. The number of rotatable bonds is 12. The second kappa shape index (κ2) is 12.9. The van der Waals surface area contributed by atoms with Crippen LogP contribution in [-0.2, 0) is 11.3 Å². The molecule has 0 atom stereocenters. The number of nitrogens with one attached hydrogen (secondary N) is 1. The Hall–Kier alpha value is -1.63. The van der Waals surface area contributed by atoms with Gasteiger partial charge in [-0.3, -0.25) is 9.89 Å². The van der Waals surface area contributed by atoms with Crippen LogP contribution < -0.4 is 5.32 Å². The van der Waals surface area contributed by atoms with Gasteiger partial charge in [0.25, 0.3) is 0 Å². The van der Waals surface area contributed by atoms with Gasteiger partial charge < -0.3 is 19.9 Å². The number of likely N-dealkylation sites (N-methyl/N-ethyl adjacent to an activating group) is 1. The summed E-state index contributed by atoms with van der Waals surface area (Å²) in [4.78, 5) is 11.8. The highest BCUT2D eigenvalue weighted by atomic mass is 16.5. The van der Waals surface area contributed by atoms with Crippen molar-refractivity contribution in [3.63, 3.8) is 0 Å². The van der Waals surface area contributed by atoms with E-state index in [0.29, 0.717) is 0 Å². The van der Waals surface area contributed by atoms with Crippen LogP contribution in [0.5, 0.6) is 0 Å². The zero-order valence-corrected chi connectivity index (χ0v) is 19.1. The van der Waals surface area contributed by atoms with Gasteiger partial charge in [0, 0.05) is 66.5 Å². The summed E-state index contributed by atoms with van der Waals surface area (Å²) in [5.74, 6) is 1.80. The molecule has 1 aliphatic carbocycles. The second-order valence-corrected chi connectivity index (χ2v) is 8.72. The van der Waals surface area contributed by atoms with Crippen molar-refractivity contribution >= 4 is 5.96 Å². The van der Waals surface area contributed by atoms with E-state index in [9.17, 15) is 0 Å². The van der Waals surface area contributed by atoms with Gasteiger partial charge in [0.15, 0.2) is 5.96 Å². The summed E-state index contributed by atoms with van der Waals surface area (Å²) in [5.41, 5.74) is 1.42. The molecule has 1 aliphatic heterocycles. The molecule has 2 fully saturated rings. The maximum absolute atomic E-state index is 5.74. The highest BCUT2D eigenvalue weighted by molar-refractivity contribution is 5.79. The number of unbranched alkanes of at least 4 members (excludes halogenated alkanes) is 1. The molecule has 1 aromatic carbocycles. The van der Waals surface area contributed by atoms with Crippen molar-refractivity contribution in [2.75, 3.05) is 73.1 Å². The summed E-state index contributed by atoms with van der Waals surface area (Å²) < 4.78 is 5.74. The van der Waals surface area contributed by atoms with E-state index in [1.54, 1.807) is 0 Å². The van der Waals surface area contributed by atoms with Crippen LogP contribution in [0.2, 0.25) is 0 Å². The lowest BCUT2D eigenvalue weighted by atomic mass is 10.2. The van der Waals surface area contributed by atoms with E-state index in [4.69, 9.17) is 4.74 Å². The van der Waals surface area contributed by atoms with E-state index in [1.165, 1.54) is 64.0 Å². The zero-order chi connectivity index (χ0) is 21.0. The van der Waals surface area contributed by atoms with Gasteiger partial charge in [0.2, 0.25) is 0 Å². The van der Waals surface area contributed by atoms with E-state index in [1.807, 2.05) is 7.05 Å². The maximum atomic E-state index is 5.74. The van der Waals surface area contributed by atoms with Crippen LogP contribution in [0.3, 0.4) is 0 Å². The van der Waals surface area contributed by atoms with Crippen molar-refractivity contribution < 1.29 is 4.74 Å². The van der Waals surface area contributed by atoms with Gasteiger partial charge in [-0.05, 0) is 43.7 Å². The fourth-order valence-electron chi connectivity index (χ4n) is 3.90. The Morgan fingerprint density at radius 2 is 1.83 bits per heavy atom. The third-order valence-electron chi connectivity index (χ3n) is 6.09. The van der Waals surface area contributed by atoms with Crippen LogP contribution in [0.4, 0.5) is 0 Å². The van der Waals surface area contributed by atoms with Crippen LogP contribution in [0, 0.1) is 5.92 Å². The summed E-state index contributed by atoms with van der Waals surface area (Å²) in [6.45, 7) is 10.6. The number of hydrogen-bond acceptors (Lipinski definition) is 4. The Labute approximate surface area is 183 Å². The van der Waals surface area contributed by atoms with Crippen LogP contribution in [0.1, 0.15) is 31.2 Å². The zero-order valence-electron chi connectivity index (χ0n) is 19.1. The maximum Gasteiger partial charge on any atom is 0.193 e. The van der Waals surface area contributed by atoms with Crippen molar-refractivity contribution in [2.24, 2.45) is 10.9 Å². The fourth-order valence-corrected chi connectivity index (χ4v) is 3.90. The Balaban J connectivity index is 1.20. The number of hydrogen-bond donors (Lipinski definition) is 1. The predicted octanol–water partition coefficient (Wildman–Crippen LogP) is 2.52. The first-order valence-electron chi connectivity index (χ1n) is 11.7. The molecule has 3 rings (SSSR count). The van der Waals surface area contributed by atoms with E-state index in [2.05, 4.69) is 62.4 Å². The Kier molecular flexibility index (Phi) is 9.93. The largest absolute Gasteiger partial charge is 0.379 e. The highest BCUT2D eigenvalue weighted by Gasteiger charge is 2.21. The monoisotopic (exact) mass is 415 g/mol. The van der Waals surface area contributed by atoms with Crippen molar-refractivity contribution in [3.05, 3.63) is 35.9 Å². The molecular formula is C24H41N5O. The molecular weight excluding hydrogens is 374 g/mol. The topological polar surface area (TPSA) is 43.3 Å². The van der Waals surface area contributed by atoms with Gasteiger partial charge in [-0.25, -0.2) is 0 Å². The first-order valence-corrected chi connectivity index (χ1v) is 11.7. The van der Waals surface area contributed by atoms with Gasteiger partial charge in [-0.2, -0.15) is 0 Å². The number of piperazine rings is 1. The number of aliphatic imine (C=N–C) groups is 1. The molecule has 0 bridgehead atoms. The predicted molar refractivity (Wildman–Crippen MR) is 125 cm³/mol. The van der Waals surface area contributed by atoms with Gasteiger partial charge in [-0.15, -0.1) is 0 Å². The molecule has 168 valence electrons. The first-order chi connectivity index (χ1) is 14.7. The molecule has 1 heterocycles. The molecule has 1 N–H and O–H groups in total. The van der Waals surface area contributed by atoms with Crippen molar-refractivity contribution in [1.29, 1.82) is 0 Å². The molecule has 1 aromatic rings. The standard InChI is InChI=1S/C24H41N5O/c1-25-24(27(2)18-19-30-21-23-10-11-23)26-12-6-7-13-28-14-16-29(17-15-28)20-22-8-4-3-5-9-22/h3-5,8-9,23H,6-7,10-21H2,1-2H3,(H,25,26). The molecule has 0 aromatic heterocycles. The Bertz CT molecular complexity index is 611. The lowest BCUT2D eigenvalue weighted by molar-refractivity contribution is 0.115. The molecule has 6 nitrogen and oxygen atoms in total. The van der Waals surface area contributed by atoms with Crippen LogP contribution in [-0.4, -0.2) is 93.8 Å². The van der Waals surface area contributed by atoms with Crippen molar-refractivity contribution in [1.82, 2.24) is 20.0 Å². The van der Waals surface area contributed by atoms with Gasteiger partial charge >= 0.3 is 0 Å². The molecule has 0 amide bonds. The average molecular weight is 416 g/mol. The Morgan fingerprint density at radius 3 is 2.53 bits per heavy atom. The van der Waals surface area contributed by atoms with Gasteiger partial charge in [0.1, 0.15) is 0 Å². The lowest BCUT2D eigenvalue weighted by Crippen LogP contribution is -2.46. The minimum atomic E-state index is 0.782. The summed E-state index contributed by atoms with van der Waals surface area (Å²) in [6.07, 6.45) is 5.11. The molecule has 1 saturated carbocycles.